The molecule has 6 aromatic rings. The molecule has 192 valence electrons. The smallest absolute Gasteiger partial charge is 0.252 e. The number of tetrazole rings is 1. The van der Waals surface area contributed by atoms with Crippen LogP contribution in [0.4, 0.5) is 0 Å². The van der Waals surface area contributed by atoms with E-state index in [9.17, 15) is 4.79 Å². The molecule has 1 aliphatic carbocycles. The van der Waals surface area contributed by atoms with E-state index in [-0.39, 0.29) is 23.4 Å². The average molecular weight is 556 g/mol. The predicted molar refractivity (Wildman–Crippen MR) is 146 cm³/mol. The molecule has 3 unspecified atom stereocenters. The first-order chi connectivity index (χ1) is 19.0. The van der Waals surface area contributed by atoms with Gasteiger partial charge in [-0.25, -0.2) is 4.98 Å². The number of halogens is 2. The van der Waals surface area contributed by atoms with Crippen LogP contribution in [0, 0.1) is 12.8 Å². The van der Waals surface area contributed by atoms with Crippen LogP contribution < -0.4 is 5.56 Å². The van der Waals surface area contributed by atoms with Gasteiger partial charge in [0, 0.05) is 44.9 Å². The number of nitrogens with zero attached hydrogens (tertiary/aromatic N) is 7. The fourth-order valence-electron chi connectivity index (χ4n) is 5.96. The highest BCUT2D eigenvalue weighted by Crippen LogP contribution is 2.60. The number of nitrogens with one attached hydrogen (secondary N) is 2. The normalized spacial score (nSPS) is 19.4. The Morgan fingerprint density at radius 2 is 1.95 bits per heavy atom. The lowest BCUT2D eigenvalue weighted by Gasteiger charge is -2.17. The maximum atomic E-state index is 13.6. The molecular formula is C27H19Cl2N9O. The third-order valence-electron chi connectivity index (χ3n) is 7.84. The second kappa shape index (κ2) is 8.11. The molecule has 1 fully saturated rings. The van der Waals surface area contributed by atoms with Crippen LogP contribution in [0.25, 0.3) is 39.0 Å². The Kier molecular flexibility index (Phi) is 4.72. The van der Waals surface area contributed by atoms with Gasteiger partial charge >= 0.3 is 0 Å². The van der Waals surface area contributed by atoms with Gasteiger partial charge in [0.2, 0.25) is 0 Å². The zero-order valence-electron chi connectivity index (χ0n) is 20.4. The van der Waals surface area contributed by atoms with Crippen LogP contribution in [0.15, 0.2) is 59.7 Å². The van der Waals surface area contributed by atoms with Gasteiger partial charge in [0.15, 0.2) is 0 Å². The molecule has 0 bridgehead atoms. The highest BCUT2D eigenvalue weighted by molar-refractivity contribution is 6.32. The first kappa shape index (κ1) is 22.7. The lowest BCUT2D eigenvalue weighted by Crippen LogP contribution is -2.26. The van der Waals surface area contributed by atoms with Gasteiger partial charge in [-0.15, -0.1) is 5.10 Å². The number of H-pyrrole nitrogens is 2. The summed E-state index contributed by atoms with van der Waals surface area (Å²) in [4.78, 5) is 21.8. The number of aryl methyl sites for hydroxylation is 1. The minimum Gasteiger partial charge on any atom is -0.331 e. The number of pyridine rings is 1. The van der Waals surface area contributed by atoms with E-state index in [1.807, 2.05) is 41.8 Å². The second-order valence-electron chi connectivity index (χ2n) is 10.1. The Morgan fingerprint density at radius 1 is 1.05 bits per heavy atom. The second-order valence-corrected chi connectivity index (χ2v) is 10.9. The fraction of sp³-hybridized carbons (Fsp3) is 0.185. The third-order valence-corrected chi connectivity index (χ3v) is 8.35. The number of imidazole rings is 1. The summed E-state index contributed by atoms with van der Waals surface area (Å²) in [5.41, 5.74) is 6.54. The van der Waals surface area contributed by atoms with E-state index in [0.29, 0.717) is 21.7 Å². The Morgan fingerprint density at radius 3 is 2.79 bits per heavy atom. The molecule has 5 heterocycles. The molecule has 10 nitrogen and oxygen atoms in total. The largest absolute Gasteiger partial charge is 0.331 e. The van der Waals surface area contributed by atoms with Gasteiger partial charge in [0.05, 0.1) is 17.2 Å². The lowest BCUT2D eigenvalue weighted by atomic mass is 10.0. The Balaban J connectivity index is 1.21. The van der Waals surface area contributed by atoms with Crippen LogP contribution in [-0.2, 0) is 0 Å². The first-order valence-electron chi connectivity index (χ1n) is 12.5. The van der Waals surface area contributed by atoms with Gasteiger partial charge in [-0.2, -0.15) is 9.78 Å². The van der Waals surface area contributed by atoms with Gasteiger partial charge < -0.3 is 9.55 Å². The van der Waals surface area contributed by atoms with Crippen LogP contribution >= 0.6 is 23.2 Å². The molecule has 1 saturated carbocycles. The quantitative estimate of drug-likeness (QED) is 0.312. The van der Waals surface area contributed by atoms with Crippen LogP contribution in [0.5, 0.6) is 0 Å². The lowest BCUT2D eigenvalue weighted by molar-refractivity contribution is 0.515. The fourth-order valence-corrected chi connectivity index (χ4v) is 6.38. The van der Waals surface area contributed by atoms with E-state index in [2.05, 4.69) is 36.8 Å². The zero-order chi connectivity index (χ0) is 26.4. The van der Waals surface area contributed by atoms with Crippen LogP contribution in [0.1, 0.15) is 35.6 Å². The van der Waals surface area contributed by atoms with Crippen molar-refractivity contribution in [2.75, 3.05) is 0 Å². The van der Waals surface area contributed by atoms with Crippen molar-refractivity contribution in [3.63, 3.8) is 0 Å². The Bertz CT molecular complexity index is 1990. The van der Waals surface area contributed by atoms with Gasteiger partial charge in [0.1, 0.15) is 23.0 Å². The summed E-state index contributed by atoms with van der Waals surface area (Å²) in [6.07, 6.45) is 2.50. The van der Waals surface area contributed by atoms with Crippen molar-refractivity contribution in [3.05, 3.63) is 92.6 Å². The van der Waals surface area contributed by atoms with E-state index in [0.717, 1.165) is 51.1 Å². The van der Waals surface area contributed by atoms with E-state index >= 15 is 0 Å². The minimum absolute atomic E-state index is 0.107. The van der Waals surface area contributed by atoms with Gasteiger partial charge in [-0.05, 0) is 65.6 Å². The number of benzene rings is 2. The van der Waals surface area contributed by atoms with E-state index < -0.39 is 0 Å². The van der Waals surface area contributed by atoms with Crippen molar-refractivity contribution in [2.45, 2.75) is 25.3 Å². The van der Waals surface area contributed by atoms with Crippen molar-refractivity contribution < 1.29 is 0 Å². The Labute approximate surface area is 230 Å². The molecule has 1 aliphatic heterocycles. The SMILES string of the molecule is Cc1[nH]nc2cc(-c3nc(C4C5CC5c5cc(-c6cc(Cl)ccc6-n6cnnn6)cc(=O)n54)[nH]c3Cl)ccc12. The van der Waals surface area contributed by atoms with Gasteiger partial charge in [-0.3, -0.25) is 9.89 Å². The number of hydrogen-bond donors (Lipinski definition) is 2. The van der Waals surface area contributed by atoms with Crippen LogP contribution in [0.3, 0.4) is 0 Å². The molecular weight excluding hydrogens is 537 g/mol. The molecule has 2 aromatic carbocycles. The summed E-state index contributed by atoms with van der Waals surface area (Å²) in [6, 6.07) is 14.9. The number of aromatic amines is 2. The first-order valence-corrected chi connectivity index (χ1v) is 13.2. The van der Waals surface area contributed by atoms with Crippen molar-refractivity contribution in [1.82, 2.24) is 44.9 Å². The zero-order valence-corrected chi connectivity index (χ0v) is 21.9. The van der Waals surface area contributed by atoms with Crippen molar-refractivity contribution >= 4 is 34.1 Å². The van der Waals surface area contributed by atoms with Crippen molar-refractivity contribution in [1.29, 1.82) is 0 Å². The molecule has 12 heteroatoms. The topological polar surface area (TPSA) is 123 Å². The summed E-state index contributed by atoms with van der Waals surface area (Å²) < 4.78 is 3.41. The summed E-state index contributed by atoms with van der Waals surface area (Å²) in [7, 11) is 0. The highest BCUT2D eigenvalue weighted by atomic mass is 35.5. The molecule has 8 rings (SSSR count). The van der Waals surface area contributed by atoms with Crippen molar-refractivity contribution in [3.8, 4) is 28.1 Å². The summed E-state index contributed by atoms with van der Waals surface area (Å²) in [5, 5.41) is 21.0. The molecule has 0 amide bonds. The molecule has 2 N–H and O–H groups in total. The third kappa shape index (κ3) is 3.41. The summed E-state index contributed by atoms with van der Waals surface area (Å²) >= 11 is 13.0. The Hall–Kier alpha value is -4.28. The van der Waals surface area contributed by atoms with E-state index in [1.54, 1.807) is 16.8 Å². The molecule has 0 spiro atoms. The monoisotopic (exact) mass is 555 g/mol. The number of rotatable bonds is 4. The molecule has 0 radical (unpaired) electrons. The van der Waals surface area contributed by atoms with Gasteiger partial charge in [-0.1, -0.05) is 35.3 Å². The molecule has 2 aliphatic rings. The van der Waals surface area contributed by atoms with Crippen LogP contribution in [0.2, 0.25) is 10.2 Å². The molecule has 4 aromatic heterocycles. The summed E-state index contributed by atoms with van der Waals surface area (Å²) in [6.45, 7) is 1.99. The summed E-state index contributed by atoms with van der Waals surface area (Å²) in [5.74, 6) is 1.23. The van der Waals surface area contributed by atoms with E-state index in [4.69, 9.17) is 28.2 Å². The molecule has 39 heavy (non-hydrogen) atoms. The standard InChI is InChI=1S/C27H19Cl2N9O/c1-12-16-4-2-13(6-20(16)34-33-12)24-26(29)32-27(31-24)25-19-10-18(19)22-7-14(8-23(39)38(22)25)17-9-15(28)3-5-21(17)37-11-30-35-36-37/h2-9,11,18-19,25H,10H2,1H3,(H,31,32)(H,33,34). The minimum atomic E-state index is -0.215. The maximum absolute atomic E-state index is 13.6. The number of hydrogen-bond acceptors (Lipinski definition) is 6. The molecule has 0 saturated heterocycles. The number of aromatic nitrogens is 9. The average Bonchev–Trinajstić information content (AvgIpc) is 3.30. The van der Waals surface area contributed by atoms with Gasteiger partial charge in [0.25, 0.3) is 5.56 Å². The predicted octanol–water partition coefficient (Wildman–Crippen LogP) is 5.08. The maximum Gasteiger partial charge on any atom is 0.252 e. The highest BCUT2D eigenvalue weighted by Gasteiger charge is 2.54. The van der Waals surface area contributed by atoms with Crippen LogP contribution in [-0.4, -0.2) is 44.9 Å². The van der Waals surface area contributed by atoms with E-state index in [1.165, 1.54) is 6.33 Å². The number of fused-ring (bicyclic) bond motifs is 4. The van der Waals surface area contributed by atoms with Crippen molar-refractivity contribution in [2.24, 2.45) is 5.92 Å². The molecule has 3 atom stereocenters.